The van der Waals surface area contributed by atoms with Crippen LogP contribution in [0.4, 0.5) is 5.69 Å². The van der Waals surface area contributed by atoms with Crippen molar-refractivity contribution in [1.82, 2.24) is 4.57 Å². The van der Waals surface area contributed by atoms with Crippen molar-refractivity contribution in [2.45, 2.75) is 13.5 Å². The van der Waals surface area contributed by atoms with Crippen LogP contribution in [0.25, 0.3) is 6.08 Å². The van der Waals surface area contributed by atoms with E-state index in [-0.39, 0.29) is 12.2 Å². The third-order valence-electron chi connectivity index (χ3n) is 2.96. The molecule has 0 fully saturated rings. The molecule has 0 bridgehead atoms. The minimum absolute atomic E-state index is 0.198. The summed E-state index contributed by atoms with van der Waals surface area (Å²) in [5, 5.41) is 0. The minimum Gasteiger partial charge on any atom is -0.463 e. The third-order valence-corrected chi connectivity index (χ3v) is 3.97. The van der Waals surface area contributed by atoms with E-state index < -0.39 is 5.97 Å². The molecule has 0 atom stereocenters. The summed E-state index contributed by atoms with van der Waals surface area (Å²) in [6.45, 7) is 2.50. The smallest absolute Gasteiger partial charge is 0.332 e. The Hall–Kier alpha value is -2.21. The van der Waals surface area contributed by atoms with Gasteiger partial charge in [0, 0.05) is 6.08 Å². The summed E-state index contributed by atoms with van der Waals surface area (Å²) in [4.78, 5) is 28.8. The molecule has 1 aromatic heterocycles. The van der Waals surface area contributed by atoms with Crippen LogP contribution in [0.5, 0.6) is 0 Å². The van der Waals surface area contributed by atoms with Gasteiger partial charge in [0.25, 0.3) is 5.56 Å². The number of nitrogens with zero attached hydrogens (tertiary/aromatic N) is 2. The van der Waals surface area contributed by atoms with E-state index in [2.05, 4.69) is 4.99 Å². The van der Waals surface area contributed by atoms with Gasteiger partial charge in [0.05, 0.1) is 18.8 Å². The number of thiazole rings is 1. The molecule has 0 unspecified atom stereocenters. The Kier molecular flexibility index (Phi) is 3.23. The maximum Gasteiger partial charge on any atom is 0.332 e. The molecule has 0 aliphatic carbocycles. The lowest BCUT2D eigenvalue weighted by Crippen LogP contribution is -2.33. The summed E-state index contributed by atoms with van der Waals surface area (Å²) >= 11 is 1.21. The molecule has 102 valence electrons. The Morgan fingerprint density at radius 1 is 1.50 bits per heavy atom. The number of hydrogen-bond donors (Lipinski definition) is 0. The maximum atomic E-state index is 12.2. The molecule has 5 nitrogen and oxygen atoms in total. The highest BCUT2D eigenvalue weighted by Gasteiger charge is 2.14. The number of esters is 1. The SMILES string of the molecule is CCOC(=O)C=c1sc2n(c1=O)Cc1ccccc1N=2. The molecule has 20 heavy (non-hydrogen) atoms. The molecule has 0 radical (unpaired) electrons. The Morgan fingerprint density at radius 2 is 2.30 bits per heavy atom. The number of carbonyl (C=O) groups excluding carboxylic acids is 1. The monoisotopic (exact) mass is 288 g/mol. The van der Waals surface area contributed by atoms with Crippen molar-refractivity contribution in [2.24, 2.45) is 4.99 Å². The first-order chi connectivity index (χ1) is 9.69. The predicted molar refractivity (Wildman–Crippen MR) is 75.7 cm³/mol. The third kappa shape index (κ3) is 2.18. The summed E-state index contributed by atoms with van der Waals surface area (Å²) in [5.41, 5.74) is 1.68. The van der Waals surface area contributed by atoms with Crippen molar-refractivity contribution in [3.05, 3.63) is 49.5 Å². The first-order valence-electron chi connectivity index (χ1n) is 6.24. The number of rotatable bonds is 2. The van der Waals surface area contributed by atoms with Gasteiger partial charge in [-0.25, -0.2) is 9.79 Å². The maximum absolute atomic E-state index is 12.2. The molecule has 2 aromatic rings. The number of para-hydroxylation sites is 1. The van der Waals surface area contributed by atoms with Gasteiger partial charge in [-0.15, -0.1) is 0 Å². The van der Waals surface area contributed by atoms with Gasteiger partial charge < -0.3 is 4.74 Å². The Bertz CT molecular complexity index is 848. The van der Waals surface area contributed by atoms with Gasteiger partial charge in [-0.3, -0.25) is 9.36 Å². The number of hydrogen-bond acceptors (Lipinski definition) is 5. The van der Waals surface area contributed by atoms with Crippen molar-refractivity contribution in [1.29, 1.82) is 0 Å². The summed E-state index contributed by atoms with van der Waals surface area (Å²) in [6.07, 6.45) is 1.24. The van der Waals surface area contributed by atoms with Crippen LogP contribution >= 0.6 is 11.3 Å². The minimum atomic E-state index is -0.499. The lowest BCUT2D eigenvalue weighted by molar-refractivity contribution is -0.135. The molecular formula is C14H12N2O3S. The van der Waals surface area contributed by atoms with Crippen molar-refractivity contribution in [3.8, 4) is 0 Å². The molecule has 1 aromatic carbocycles. The topological polar surface area (TPSA) is 60.7 Å². The van der Waals surface area contributed by atoms with Crippen LogP contribution in [-0.2, 0) is 16.1 Å². The lowest BCUT2D eigenvalue weighted by Gasteiger charge is -2.10. The van der Waals surface area contributed by atoms with Gasteiger partial charge >= 0.3 is 5.97 Å². The first kappa shape index (κ1) is 12.8. The van der Waals surface area contributed by atoms with E-state index in [1.54, 1.807) is 11.5 Å². The number of fused-ring (bicyclic) bond motifs is 2. The number of aromatic nitrogens is 1. The van der Waals surface area contributed by atoms with E-state index in [0.717, 1.165) is 11.3 Å². The number of benzene rings is 1. The molecule has 1 aliphatic heterocycles. The first-order valence-corrected chi connectivity index (χ1v) is 7.05. The van der Waals surface area contributed by atoms with Crippen molar-refractivity contribution in [2.75, 3.05) is 6.61 Å². The van der Waals surface area contributed by atoms with E-state index in [4.69, 9.17) is 4.74 Å². The van der Waals surface area contributed by atoms with Gasteiger partial charge in [0.2, 0.25) is 0 Å². The van der Waals surface area contributed by atoms with E-state index in [0.29, 0.717) is 15.9 Å². The Morgan fingerprint density at radius 3 is 3.10 bits per heavy atom. The summed E-state index contributed by atoms with van der Waals surface area (Å²) in [7, 11) is 0. The summed E-state index contributed by atoms with van der Waals surface area (Å²) in [6, 6.07) is 7.69. The molecule has 0 saturated heterocycles. The molecule has 1 aliphatic rings. The van der Waals surface area contributed by atoms with E-state index in [9.17, 15) is 9.59 Å². The van der Waals surface area contributed by atoms with Crippen LogP contribution in [-0.4, -0.2) is 17.1 Å². The fraction of sp³-hybridized carbons (Fsp3) is 0.214. The molecule has 2 heterocycles. The second-order valence-electron chi connectivity index (χ2n) is 4.28. The highest BCUT2D eigenvalue weighted by molar-refractivity contribution is 7.07. The van der Waals surface area contributed by atoms with E-state index in [1.165, 1.54) is 17.4 Å². The van der Waals surface area contributed by atoms with Gasteiger partial charge in [0.15, 0.2) is 4.80 Å². The normalized spacial score (nSPS) is 13.3. The molecule has 0 saturated carbocycles. The molecule has 0 spiro atoms. The van der Waals surface area contributed by atoms with Gasteiger partial charge in [0.1, 0.15) is 4.53 Å². The zero-order valence-corrected chi connectivity index (χ0v) is 11.6. The fourth-order valence-corrected chi connectivity index (χ4v) is 3.00. The van der Waals surface area contributed by atoms with Crippen LogP contribution in [0.1, 0.15) is 12.5 Å². The average Bonchev–Trinajstić information content (AvgIpc) is 2.73. The fourth-order valence-electron chi connectivity index (χ4n) is 2.05. The van der Waals surface area contributed by atoms with Gasteiger partial charge in [-0.2, -0.15) is 0 Å². The molecule has 3 rings (SSSR count). The number of carbonyl (C=O) groups is 1. The lowest BCUT2D eigenvalue weighted by atomic mass is 10.1. The predicted octanol–water partition coefficient (Wildman–Crippen LogP) is 0.566. The second kappa shape index (κ2) is 5.05. The van der Waals surface area contributed by atoms with E-state index >= 15 is 0 Å². The molecule has 0 N–H and O–H groups in total. The Labute approximate surface area is 118 Å². The zero-order chi connectivity index (χ0) is 14.1. The van der Waals surface area contributed by atoms with Crippen molar-refractivity contribution >= 4 is 29.1 Å². The zero-order valence-electron chi connectivity index (χ0n) is 10.8. The van der Waals surface area contributed by atoms with Crippen LogP contribution in [0, 0.1) is 0 Å². The highest BCUT2D eigenvalue weighted by Crippen LogP contribution is 2.20. The van der Waals surface area contributed by atoms with Crippen LogP contribution in [0.3, 0.4) is 0 Å². The van der Waals surface area contributed by atoms with Crippen LogP contribution in [0.2, 0.25) is 0 Å². The van der Waals surface area contributed by atoms with Gasteiger partial charge in [-0.05, 0) is 18.6 Å². The Balaban J connectivity index is 2.14. The number of ether oxygens (including phenoxy) is 1. The summed E-state index contributed by atoms with van der Waals surface area (Å²) in [5.74, 6) is -0.499. The van der Waals surface area contributed by atoms with Crippen molar-refractivity contribution in [3.63, 3.8) is 0 Å². The largest absolute Gasteiger partial charge is 0.463 e. The standard InChI is InChI=1S/C14H12N2O3S/c1-2-19-12(17)7-11-13(18)16-8-9-5-3-4-6-10(9)15-14(16)20-11/h3-7H,2,8H2,1H3. The molecule has 0 amide bonds. The highest BCUT2D eigenvalue weighted by atomic mass is 32.1. The van der Waals surface area contributed by atoms with Gasteiger partial charge in [-0.1, -0.05) is 29.5 Å². The van der Waals surface area contributed by atoms with Crippen LogP contribution in [0.15, 0.2) is 34.1 Å². The average molecular weight is 288 g/mol. The second-order valence-corrected chi connectivity index (χ2v) is 5.29. The van der Waals surface area contributed by atoms with Crippen molar-refractivity contribution < 1.29 is 9.53 Å². The van der Waals surface area contributed by atoms with Crippen LogP contribution < -0.4 is 14.9 Å². The molecular weight excluding hydrogens is 276 g/mol. The summed E-state index contributed by atoms with van der Waals surface area (Å²) < 4.78 is 6.77. The molecule has 6 heteroatoms. The quantitative estimate of drug-likeness (QED) is 0.648. The van der Waals surface area contributed by atoms with E-state index in [1.807, 2.05) is 24.3 Å².